The summed E-state index contributed by atoms with van der Waals surface area (Å²) in [6.45, 7) is 1.75. The molecule has 4 atom stereocenters. The number of aromatic nitrogens is 2. The van der Waals surface area contributed by atoms with Crippen LogP contribution in [0.3, 0.4) is 0 Å². The van der Waals surface area contributed by atoms with Crippen molar-refractivity contribution in [3.8, 4) is 0 Å². The second-order valence-corrected chi connectivity index (χ2v) is 7.80. The highest BCUT2D eigenvalue weighted by Crippen LogP contribution is 2.05. The van der Waals surface area contributed by atoms with Crippen molar-refractivity contribution in [2.75, 3.05) is 6.54 Å². The Labute approximate surface area is 196 Å². The second kappa shape index (κ2) is 14.6. The molecule has 4 unspecified atom stereocenters. The molecule has 3 amide bonds. The number of carboxylic acid groups (broad SMARTS) is 2. The minimum atomic E-state index is -1.26. The number of H-pyrrole nitrogens is 1. The fourth-order valence-electron chi connectivity index (χ4n) is 2.94. The zero-order valence-corrected chi connectivity index (χ0v) is 19.0. The predicted molar refractivity (Wildman–Crippen MR) is 119 cm³/mol. The molecule has 0 aliphatic heterocycles. The van der Waals surface area contributed by atoms with Crippen molar-refractivity contribution >= 4 is 29.7 Å². The maximum absolute atomic E-state index is 12.8. The molecule has 14 nitrogen and oxygen atoms in total. The van der Waals surface area contributed by atoms with Gasteiger partial charge in [0.15, 0.2) is 0 Å². The minimum absolute atomic E-state index is 0.0365. The third kappa shape index (κ3) is 10.4. The lowest BCUT2D eigenvalue weighted by molar-refractivity contribution is -0.142. The van der Waals surface area contributed by atoms with E-state index in [2.05, 4.69) is 25.9 Å². The summed E-state index contributed by atoms with van der Waals surface area (Å²) in [4.78, 5) is 66.3. The molecule has 0 spiro atoms. The summed E-state index contributed by atoms with van der Waals surface area (Å²) < 4.78 is 0. The van der Waals surface area contributed by atoms with E-state index in [1.54, 1.807) is 0 Å². The largest absolute Gasteiger partial charge is 0.481 e. The topological polar surface area (TPSA) is 243 Å². The molecule has 0 bridgehead atoms. The van der Waals surface area contributed by atoms with Crippen LogP contribution in [0.2, 0.25) is 0 Å². The Balaban J connectivity index is 2.77. The molecule has 0 saturated carbocycles. The fraction of sp³-hybridized carbons (Fsp3) is 0.600. The first-order valence-corrected chi connectivity index (χ1v) is 10.8. The Bertz CT molecular complexity index is 831. The first-order valence-electron chi connectivity index (χ1n) is 10.8. The van der Waals surface area contributed by atoms with E-state index in [9.17, 15) is 29.1 Å². The summed E-state index contributed by atoms with van der Waals surface area (Å²) in [7, 11) is 0. The maximum atomic E-state index is 12.8. The van der Waals surface area contributed by atoms with Gasteiger partial charge in [-0.3, -0.25) is 19.2 Å². The van der Waals surface area contributed by atoms with E-state index >= 15 is 0 Å². The van der Waals surface area contributed by atoms with E-state index in [4.69, 9.17) is 16.6 Å². The molecule has 0 aromatic carbocycles. The smallest absolute Gasteiger partial charge is 0.326 e. The number of imidazole rings is 1. The standard InChI is InChI=1S/C20H33N7O7/c1-11(25-18(31)13(22)5-6-16(28)29)17(30)26-14(4-2-3-7-21)19(32)27-15(20(33)34)8-12-9-23-10-24-12/h9-11,13-15H,2-8,21-22H2,1H3,(H,23,24)(H,25,31)(H,26,30)(H,27,32)(H,28,29)(H,33,34). The number of nitrogens with two attached hydrogens (primary N) is 2. The van der Waals surface area contributed by atoms with Crippen LogP contribution in [0, 0.1) is 0 Å². The van der Waals surface area contributed by atoms with E-state index in [1.165, 1.54) is 19.4 Å². The number of nitrogens with zero attached hydrogens (tertiary/aromatic N) is 1. The summed E-state index contributed by atoms with van der Waals surface area (Å²) in [6.07, 6.45) is 3.65. The number of hydrogen-bond acceptors (Lipinski definition) is 8. The van der Waals surface area contributed by atoms with E-state index in [1.807, 2.05) is 0 Å². The van der Waals surface area contributed by atoms with Gasteiger partial charge < -0.3 is 42.6 Å². The number of hydrogen-bond donors (Lipinski definition) is 8. The summed E-state index contributed by atoms with van der Waals surface area (Å²) in [5, 5.41) is 25.5. The third-order valence-corrected chi connectivity index (χ3v) is 4.93. The van der Waals surface area contributed by atoms with Crippen LogP contribution >= 0.6 is 0 Å². The Morgan fingerprint density at radius 1 is 1.00 bits per heavy atom. The molecule has 14 heteroatoms. The lowest BCUT2D eigenvalue weighted by Gasteiger charge is -2.23. The number of carboxylic acids is 2. The Kier molecular flexibility index (Phi) is 12.2. The zero-order chi connectivity index (χ0) is 25.7. The van der Waals surface area contributed by atoms with Gasteiger partial charge in [-0.1, -0.05) is 0 Å². The van der Waals surface area contributed by atoms with Gasteiger partial charge in [0.2, 0.25) is 17.7 Å². The lowest BCUT2D eigenvalue weighted by Crippen LogP contribution is -2.56. The molecule has 0 aliphatic rings. The SMILES string of the molecule is CC(NC(=O)C(N)CCC(=O)O)C(=O)NC(CCCCN)C(=O)NC(Cc1cnc[nH]1)C(=O)O. The number of aromatic amines is 1. The number of nitrogens with one attached hydrogen (secondary N) is 4. The van der Waals surface area contributed by atoms with Crippen LogP contribution < -0.4 is 27.4 Å². The lowest BCUT2D eigenvalue weighted by atomic mass is 10.1. The predicted octanol–water partition coefficient (Wildman–Crippen LogP) is -2.17. The first-order chi connectivity index (χ1) is 16.0. The van der Waals surface area contributed by atoms with Crippen LogP contribution in [-0.4, -0.2) is 80.6 Å². The van der Waals surface area contributed by atoms with Crippen LogP contribution in [0.1, 0.15) is 44.7 Å². The van der Waals surface area contributed by atoms with Crippen molar-refractivity contribution in [2.24, 2.45) is 11.5 Å². The third-order valence-electron chi connectivity index (χ3n) is 4.93. The van der Waals surface area contributed by atoms with Crippen LogP contribution in [0.5, 0.6) is 0 Å². The highest BCUT2D eigenvalue weighted by atomic mass is 16.4. The van der Waals surface area contributed by atoms with Crippen LogP contribution in [0.25, 0.3) is 0 Å². The summed E-state index contributed by atoms with van der Waals surface area (Å²) in [5.41, 5.74) is 11.6. The fourth-order valence-corrected chi connectivity index (χ4v) is 2.94. The summed E-state index contributed by atoms with van der Waals surface area (Å²) in [6, 6.07) is -4.52. The van der Waals surface area contributed by atoms with E-state index in [0.29, 0.717) is 25.1 Å². The molecule has 1 heterocycles. The van der Waals surface area contributed by atoms with E-state index in [-0.39, 0.29) is 25.7 Å². The second-order valence-electron chi connectivity index (χ2n) is 7.80. The van der Waals surface area contributed by atoms with E-state index in [0.717, 1.165) is 0 Å². The number of unbranched alkanes of at least 4 members (excludes halogenated alkanes) is 1. The quantitative estimate of drug-likeness (QED) is 0.118. The normalized spacial score (nSPS) is 14.3. The molecule has 0 fully saturated rings. The van der Waals surface area contributed by atoms with Crippen molar-refractivity contribution in [3.63, 3.8) is 0 Å². The molecule has 34 heavy (non-hydrogen) atoms. The molecule has 10 N–H and O–H groups in total. The van der Waals surface area contributed by atoms with Crippen molar-refractivity contribution in [2.45, 2.75) is 69.6 Å². The number of carbonyl (C=O) groups is 5. The molecule has 0 radical (unpaired) electrons. The van der Waals surface area contributed by atoms with Gasteiger partial charge in [0.05, 0.1) is 12.4 Å². The Hall–Kier alpha value is -3.52. The molecule has 190 valence electrons. The van der Waals surface area contributed by atoms with Gasteiger partial charge in [-0.2, -0.15) is 0 Å². The van der Waals surface area contributed by atoms with Gasteiger partial charge in [-0.05, 0) is 39.2 Å². The van der Waals surface area contributed by atoms with Crippen molar-refractivity contribution < 1.29 is 34.2 Å². The number of rotatable bonds is 16. The first kappa shape index (κ1) is 28.5. The highest BCUT2D eigenvalue weighted by Gasteiger charge is 2.29. The highest BCUT2D eigenvalue weighted by molar-refractivity contribution is 5.94. The molecule has 1 aromatic heterocycles. The average molecular weight is 484 g/mol. The van der Waals surface area contributed by atoms with Crippen LogP contribution in [-0.2, 0) is 30.4 Å². The van der Waals surface area contributed by atoms with Gasteiger partial charge in [-0.25, -0.2) is 9.78 Å². The molecular weight excluding hydrogens is 450 g/mol. The van der Waals surface area contributed by atoms with Crippen molar-refractivity contribution in [1.82, 2.24) is 25.9 Å². The van der Waals surface area contributed by atoms with Crippen molar-refractivity contribution in [1.29, 1.82) is 0 Å². The molecule has 1 aromatic rings. The molecular formula is C20H33N7O7. The Morgan fingerprint density at radius 3 is 2.24 bits per heavy atom. The van der Waals surface area contributed by atoms with Gasteiger partial charge in [0.1, 0.15) is 18.1 Å². The van der Waals surface area contributed by atoms with Crippen LogP contribution in [0.4, 0.5) is 0 Å². The molecule has 0 aliphatic carbocycles. The van der Waals surface area contributed by atoms with Crippen LogP contribution in [0.15, 0.2) is 12.5 Å². The Morgan fingerprint density at radius 2 is 1.68 bits per heavy atom. The van der Waals surface area contributed by atoms with Gasteiger partial charge in [0, 0.05) is 24.7 Å². The number of aliphatic carboxylic acids is 2. The van der Waals surface area contributed by atoms with E-state index < -0.39 is 53.8 Å². The molecule has 0 saturated heterocycles. The van der Waals surface area contributed by atoms with Gasteiger partial charge in [-0.15, -0.1) is 0 Å². The maximum Gasteiger partial charge on any atom is 0.326 e. The van der Waals surface area contributed by atoms with Gasteiger partial charge in [0.25, 0.3) is 0 Å². The summed E-state index contributed by atoms with van der Waals surface area (Å²) >= 11 is 0. The number of carbonyl (C=O) groups excluding carboxylic acids is 3. The summed E-state index contributed by atoms with van der Waals surface area (Å²) in [5.74, 6) is -4.46. The van der Waals surface area contributed by atoms with Gasteiger partial charge >= 0.3 is 11.9 Å². The minimum Gasteiger partial charge on any atom is -0.481 e. The zero-order valence-electron chi connectivity index (χ0n) is 19.0. The monoisotopic (exact) mass is 483 g/mol. The molecule has 1 rings (SSSR count). The van der Waals surface area contributed by atoms with Crippen molar-refractivity contribution in [3.05, 3.63) is 18.2 Å². The average Bonchev–Trinajstić information content (AvgIpc) is 3.29. The number of amides is 3.